The molecule has 0 saturated carbocycles. The molecule has 0 aliphatic carbocycles. The summed E-state index contributed by atoms with van der Waals surface area (Å²) in [6, 6.07) is 13.3. The Labute approximate surface area is 141 Å². The maximum atomic E-state index is 11.9. The number of anilines is 1. The topological polar surface area (TPSA) is 89.3 Å². The molecule has 2 aromatic rings. The van der Waals surface area contributed by atoms with E-state index in [0.29, 0.717) is 5.69 Å². The lowest BCUT2D eigenvalue weighted by atomic mass is 10.3. The molecule has 2 aromatic carbocycles. The zero-order chi connectivity index (χ0) is 16.2. The number of hydrogen-bond acceptors (Lipinski definition) is 4. The smallest absolute Gasteiger partial charge is 0.238 e. The van der Waals surface area contributed by atoms with Crippen molar-refractivity contribution in [1.29, 1.82) is 0 Å². The number of thioether (sulfide) groups is 1. The first-order valence-electron chi connectivity index (χ1n) is 6.16. The number of benzene rings is 2. The van der Waals surface area contributed by atoms with Gasteiger partial charge >= 0.3 is 0 Å². The molecular formula is C14H13BrN2O3S2. The molecule has 3 N–H and O–H groups in total. The van der Waals surface area contributed by atoms with E-state index in [1.165, 1.54) is 36.0 Å². The predicted octanol–water partition coefficient (Wildman–Crippen LogP) is 2.83. The van der Waals surface area contributed by atoms with Crippen LogP contribution in [0.3, 0.4) is 0 Å². The highest BCUT2D eigenvalue weighted by atomic mass is 79.9. The molecule has 0 aliphatic heterocycles. The lowest BCUT2D eigenvalue weighted by Gasteiger charge is -2.07. The molecule has 116 valence electrons. The van der Waals surface area contributed by atoms with E-state index in [2.05, 4.69) is 21.2 Å². The van der Waals surface area contributed by atoms with E-state index >= 15 is 0 Å². The zero-order valence-corrected chi connectivity index (χ0v) is 14.5. The fourth-order valence-electron chi connectivity index (χ4n) is 1.63. The largest absolute Gasteiger partial charge is 0.325 e. The first-order chi connectivity index (χ1) is 10.4. The molecule has 0 saturated heterocycles. The van der Waals surface area contributed by atoms with Gasteiger partial charge in [0, 0.05) is 15.1 Å². The molecule has 0 fully saturated rings. The average molecular weight is 401 g/mol. The summed E-state index contributed by atoms with van der Waals surface area (Å²) in [5, 5.41) is 7.71. The summed E-state index contributed by atoms with van der Waals surface area (Å²) in [5.41, 5.74) is 0.519. The van der Waals surface area contributed by atoms with Crippen molar-refractivity contribution in [3.05, 3.63) is 53.0 Å². The summed E-state index contributed by atoms with van der Waals surface area (Å²) in [6.45, 7) is 0. The highest BCUT2D eigenvalue weighted by Crippen LogP contribution is 2.27. The molecule has 1 amide bonds. The SMILES string of the molecule is NS(=O)(=O)c1ccc(NC(=O)CSc2ccccc2Br)cc1. The number of nitrogens with two attached hydrogens (primary N) is 1. The lowest BCUT2D eigenvalue weighted by molar-refractivity contribution is -0.113. The zero-order valence-electron chi connectivity index (χ0n) is 11.3. The number of halogens is 1. The summed E-state index contributed by atoms with van der Waals surface area (Å²) >= 11 is 4.83. The maximum absolute atomic E-state index is 11.9. The number of primary sulfonamides is 1. The van der Waals surface area contributed by atoms with Crippen LogP contribution in [0.5, 0.6) is 0 Å². The molecule has 0 bridgehead atoms. The van der Waals surface area contributed by atoms with Crippen molar-refractivity contribution in [2.45, 2.75) is 9.79 Å². The molecule has 0 aliphatic rings. The molecule has 2 rings (SSSR count). The van der Waals surface area contributed by atoms with Crippen LogP contribution in [0, 0.1) is 0 Å². The first kappa shape index (κ1) is 17.0. The van der Waals surface area contributed by atoms with Gasteiger partial charge in [-0.3, -0.25) is 4.79 Å². The molecule has 0 radical (unpaired) electrons. The van der Waals surface area contributed by atoms with E-state index in [9.17, 15) is 13.2 Å². The fraction of sp³-hybridized carbons (Fsp3) is 0.0714. The van der Waals surface area contributed by atoms with E-state index in [1.54, 1.807) is 0 Å². The van der Waals surface area contributed by atoms with Gasteiger partial charge < -0.3 is 5.32 Å². The molecule has 5 nitrogen and oxygen atoms in total. The van der Waals surface area contributed by atoms with E-state index in [-0.39, 0.29) is 16.6 Å². The van der Waals surface area contributed by atoms with Gasteiger partial charge in [-0.1, -0.05) is 12.1 Å². The van der Waals surface area contributed by atoms with Gasteiger partial charge in [0.15, 0.2) is 0 Å². The van der Waals surface area contributed by atoms with Crippen LogP contribution in [0.2, 0.25) is 0 Å². The van der Waals surface area contributed by atoms with Gasteiger partial charge in [-0.15, -0.1) is 11.8 Å². The minimum Gasteiger partial charge on any atom is -0.325 e. The Morgan fingerprint density at radius 3 is 2.36 bits per heavy atom. The second-order valence-electron chi connectivity index (χ2n) is 4.34. The van der Waals surface area contributed by atoms with Crippen molar-refractivity contribution >= 4 is 49.3 Å². The monoisotopic (exact) mass is 400 g/mol. The summed E-state index contributed by atoms with van der Waals surface area (Å²) in [7, 11) is -3.72. The number of sulfonamides is 1. The Hall–Kier alpha value is -1.35. The molecule has 22 heavy (non-hydrogen) atoms. The fourth-order valence-corrected chi connectivity index (χ4v) is 3.51. The van der Waals surface area contributed by atoms with Gasteiger partial charge in [0.25, 0.3) is 0 Å². The summed E-state index contributed by atoms with van der Waals surface area (Å²) in [6.07, 6.45) is 0. The third kappa shape index (κ3) is 4.84. The quantitative estimate of drug-likeness (QED) is 0.754. The lowest BCUT2D eigenvalue weighted by Crippen LogP contribution is -2.15. The van der Waals surface area contributed by atoms with Crippen molar-refractivity contribution in [2.75, 3.05) is 11.1 Å². The summed E-state index contributed by atoms with van der Waals surface area (Å²) < 4.78 is 23.2. The number of rotatable bonds is 5. The molecule has 0 spiro atoms. The Balaban J connectivity index is 1.94. The number of carbonyl (C=O) groups is 1. The number of amides is 1. The minimum absolute atomic E-state index is 0.00749. The number of nitrogens with one attached hydrogen (secondary N) is 1. The first-order valence-corrected chi connectivity index (χ1v) is 9.49. The van der Waals surface area contributed by atoms with Gasteiger partial charge in [0.2, 0.25) is 15.9 Å². The van der Waals surface area contributed by atoms with Crippen LogP contribution in [-0.4, -0.2) is 20.1 Å². The highest BCUT2D eigenvalue weighted by Gasteiger charge is 2.09. The molecule has 8 heteroatoms. The Kier molecular flexibility index (Phi) is 5.63. The third-order valence-corrected chi connectivity index (χ3v) is 5.62. The molecule has 0 atom stereocenters. The van der Waals surface area contributed by atoms with E-state index in [4.69, 9.17) is 5.14 Å². The second kappa shape index (κ2) is 7.28. The van der Waals surface area contributed by atoms with Gasteiger partial charge in [0.1, 0.15) is 0 Å². The normalized spacial score (nSPS) is 11.2. The average Bonchev–Trinajstić information content (AvgIpc) is 2.46. The van der Waals surface area contributed by atoms with Crippen molar-refractivity contribution in [1.82, 2.24) is 0 Å². The molecule has 0 heterocycles. The van der Waals surface area contributed by atoms with Crippen LogP contribution in [0.25, 0.3) is 0 Å². The Morgan fingerprint density at radius 1 is 1.14 bits per heavy atom. The van der Waals surface area contributed by atoms with Crippen LogP contribution in [0.4, 0.5) is 5.69 Å². The van der Waals surface area contributed by atoms with Gasteiger partial charge in [-0.05, 0) is 52.3 Å². The summed E-state index contributed by atoms with van der Waals surface area (Å²) in [4.78, 5) is 12.9. The number of hydrogen-bond donors (Lipinski definition) is 2. The van der Waals surface area contributed by atoms with Gasteiger partial charge in [-0.25, -0.2) is 13.6 Å². The number of carbonyl (C=O) groups excluding carboxylic acids is 1. The van der Waals surface area contributed by atoms with Crippen LogP contribution in [0.1, 0.15) is 0 Å². The Bertz CT molecular complexity index is 777. The van der Waals surface area contributed by atoms with Crippen LogP contribution in [-0.2, 0) is 14.8 Å². The molecule has 0 aromatic heterocycles. The van der Waals surface area contributed by atoms with Gasteiger partial charge in [0.05, 0.1) is 10.6 Å². The van der Waals surface area contributed by atoms with Crippen molar-refractivity contribution in [3.8, 4) is 0 Å². The highest BCUT2D eigenvalue weighted by molar-refractivity contribution is 9.10. The maximum Gasteiger partial charge on any atom is 0.238 e. The Morgan fingerprint density at radius 2 is 1.77 bits per heavy atom. The second-order valence-corrected chi connectivity index (χ2v) is 7.77. The van der Waals surface area contributed by atoms with Crippen LogP contribution >= 0.6 is 27.7 Å². The van der Waals surface area contributed by atoms with E-state index in [0.717, 1.165) is 9.37 Å². The van der Waals surface area contributed by atoms with Crippen LogP contribution in [0.15, 0.2) is 62.8 Å². The van der Waals surface area contributed by atoms with Crippen molar-refractivity contribution in [2.24, 2.45) is 5.14 Å². The van der Waals surface area contributed by atoms with Crippen molar-refractivity contribution in [3.63, 3.8) is 0 Å². The standard InChI is InChI=1S/C14H13BrN2O3S2/c15-12-3-1-2-4-13(12)21-9-14(18)17-10-5-7-11(8-6-10)22(16,19)20/h1-8H,9H2,(H,17,18)(H2,16,19,20). The minimum atomic E-state index is -3.72. The van der Waals surface area contributed by atoms with Crippen molar-refractivity contribution < 1.29 is 13.2 Å². The molecule has 0 unspecified atom stereocenters. The third-order valence-electron chi connectivity index (χ3n) is 2.66. The van der Waals surface area contributed by atoms with E-state index < -0.39 is 10.0 Å². The predicted molar refractivity (Wildman–Crippen MR) is 91.3 cm³/mol. The van der Waals surface area contributed by atoms with E-state index in [1.807, 2.05) is 24.3 Å². The summed E-state index contributed by atoms with van der Waals surface area (Å²) in [5.74, 6) is 0.0728. The van der Waals surface area contributed by atoms with Gasteiger partial charge in [-0.2, -0.15) is 0 Å². The van der Waals surface area contributed by atoms with Crippen LogP contribution < -0.4 is 10.5 Å². The molecular weight excluding hydrogens is 388 g/mol.